The smallest absolute Gasteiger partial charge is 0.305 e. The Labute approximate surface area is 112 Å². The lowest BCUT2D eigenvalue weighted by Crippen LogP contribution is -2.30. The molecule has 1 aliphatic heterocycles. The molecule has 1 unspecified atom stereocenters. The number of nitrogens with zero attached hydrogens (tertiary/aromatic N) is 1. The van der Waals surface area contributed by atoms with Gasteiger partial charge in [-0.15, -0.1) is 0 Å². The van der Waals surface area contributed by atoms with Crippen molar-refractivity contribution in [2.75, 3.05) is 25.5 Å². The van der Waals surface area contributed by atoms with Crippen LogP contribution < -0.4 is 5.32 Å². The molecule has 5 heteroatoms. The third-order valence-corrected chi connectivity index (χ3v) is 3.45. The molecule has 1 atom stereocenters. The van der Waals surface area contributed by atoms with Crippen LogP contribution in [0.25, 0.3) is 0 Å². The van der Waals surface area contributed by atoms with E-state index < -0.39 is 5.97 Å². The van der Waals surface area contributed by atoms with Crippen LogP contribution in [0.4, 0.5) is 5.69 Å². The number of benzene rings is 1. The first-order valence-electron chi connectivity index (χ1n) is 6.36. The Morgan fingerprint density at radius 1 is 1.42 bits per heavy atom. The van der Waals surface area contributed by atoms with E-state index in [-0.39, 0.29) is 24.8 Å². The van der Waals surface area contributed by atoms with Crippen LogP contribution in [0.15, 0.2) is 24.3 Å². The standard InChI is InChI=1S/C14H18N2O3/c1-16(7-6-14(18)19)13(17)8-10-9-15-12-5-3-2-4-11(10)12/h2-5,10,15H,6-9H2,1H3,(H,18,19). The minimum Gasteiger partial charge on any atom is -0.481 e. The van der Waals surface area contributed by atoms with Crippen molar-refractivity contribution in [1.82, 2.24) is 4.90 Å². The summed E-state index contributed by atoms with van der Waals surface area (Å²) in [5.74, 6) is -0.715. The number of hydrogen-bond donors (Lipinski definition) is 2. The number of para-hydroxylation sites is 1. The summed E-state index contributed by atoms with van der Waals surface area (Å²) < 4.78 is 0. The summed E-state index contributed by atoms with van der Waals surface area (Å²) in [5, 5.41) is 11.9. The molecule has 0 saturated heterocycles. The minimum atomic E-state index is -0.882. The fraction of sp³-hybridized carbons (Fsp3) is 0.429. The van der Waals surface area contributed by atoms with E-state index in [0.29, 0.717) is 6.42 Å². The number of rotatable bonds is 5. The molecular weight excluding hydrogens is 244 g/mol. The lowest BCUT2D eigenvalue weighted by atomic mass is 9.97. The first-order valence-corrected chi connectivity index (χ1v) is 6.36. The van der Waals surface area contributed by atoms with Gasteiger partial charge in [-0.3, -0.25) is 9.59 Å². The maximum Gasteiger partial charge on any atom is 0.305 e. The van der Waals surface area contributed by atoms with Crippen LogP contribution in [0, 0.1) is 0 Å². The Morgan fingerprint density at radius 3 is 2.89 bits per heavy atom. The van der Waals surface area contributed by atoms with Crippen LogP contribution in [0.1, 0.15) is 24.3 Å². The number of amides is 1. The van der Waals surface area contributed by atoms with Crippen molar-refractivity contribution >= 4 is 17.6 Å². The van der Waals surface area contributed by atoms with Gasteiger partial charge in [-0.2, -0.15) is 0 Å². The van der Waals surface area contributed by atoms with Gasteiger partial charge in [-0.25, -0.2) is 0 Å². The van der Waals surface area contributed by atoms with Gasteiger partial charge in [-0.05, 0) is 11.6 Å². The highest BCUT2D eigenvalue weighted by Crippen LogP contribution is 2.33. The maximum absolute atomic E-state index is 12.0. The second-order valence-electron chi connectivity index (χ2n) is 4.83. The molecule has 2 N–H and O–H groups in total. The van der Waals surface area contributed by atoms with Gasteiger partial charge in [0.1, 0.15) is 0 Å². The van der Waals surface area contributed by atoms with Crippen molar-refractivity contribution in [1.29, 1.82) is 0 Å². The Bertz CT molecular complexity index is 487. The first-order chi connectivity index (χ1) is 9.08. The predicted molar refractivity (Wildman–Crippen MR) is 72.2 cm³/mol. The Hall–Kier alpha value is -2.04. The Morgan fingerprint density at radius 2 is 2.16 bits per heavy atom. The lowest BCUT2D eigenvalue weighted by Gasteiger charge is -2.18. The molecule has 1 aromatic carbocycles. The van der Waals surface area contributed by atoms with Gasteiger partial charge in [-0.1, -0.05) is 18.2 Å². The molecule has 0 aromatic heterocycles. The SMILES string of the molecule is CN(CCC(=O)O)C(=O)CC1CNc2ccccc21. The quantitative estimate of drug-likeness (QED) is 0.844. The average Bonchev–Trinajstić information content (AvgIpc) is 2.79. The lowest BCUT2D eigenvalue weighted by molar-refractivity contribution is -0.138. The van der Waals surface area contributed by atoms with Gasteiger partial charge in [0.2, 0.25) is 5.91 Å². The Kier molecular flexibility index (Phi) is 4.04. The fourth-order valence-electron chi connectivity index (χ4n) is 2.29. The summed E-state index contributed by atoms with van der Waals surface area (Å²) in [6.45, 7) is 1.02. The number of hydrogen-bond acceptors (Lipinski definition) is 3. The van der Waals surface area contributed by atoms with E-state index in [1.165, 1.54) is 10.5 Å². The van der Waals surface area contributed by atoms with Crippen LogP contribution in [0.5, 0.6) is 0 Å². The largest absolute Gasteiger partial charge is 0.481 e. The van der Waals surface area contributed by atoms with Gasteiger partial charge in [0.15, 0.2) is 0 Å². The molecule has 0 aliphatic carbocycles. The van der Waals surface area contributed by atoms with E-state index in [1.54, 1.807) is 7.05 Å². The molecule has 2 rings (SSSR count). The number of nitrogens with one attached hydrogen (secondary N) is 1. The fourth-order valence-corrected chi connectivity index (χ4v) is 2.29. The second-order valence-corrected chi connectivity index (χ2v) is 4.83. The summed E-state index contributed by atoms with van der Waals surface area (Å²) in [7, 11) is 1.65. The molecule has 1 aromatic rings. The summed E-state index contributed by atoms with van der Waals surface area (Å²) in [6, 6.07) is 7.98. The highest BCUT2D eigenvalue weighted by molar-refractivity contribution is 5.78. The number of carboxylic acids is 1. The van der Waals surface area contributed by atoms with Crippen LogP contribution in [0.3, 0.4) is 0 Å². The molecule has 1 heterocycles. The predicted octanol–water partition coefficient (Wildman–Crippen LogP) is 1.52. The molecule has 1 amide bonds. The zero-order valence-electron chi connectivity index (χ0n) is 10.9. The Balaban J connectivity index is 1.92. The van der Waals surface area contributed by atoms with Crippen LogP contribution >= 0.6 is 0 Å². The van der Waals surface area contributed by atoms with Gasteiger partial charge in [0.25, 0.3) is 0 Å². The molecule has 0 bridgehead atoms. The van der Waals surface area contributed by atoms with E-state index in [1.807, 2.05) is 24.3 Å². The molecule has 102 valence electrons. The van der Waals surface area contributed by atoms with Crippen molar-refractivity contribution in [3.05, 3.63) is 29.8 Å². The number of carbonyl (C=O) groups excluding carboxylic acids is 1. The molecule has 5 nitrogen and oxygen atoms in total. The summed E-state index contributed by atoms with van der Waals surface area (Å²) in [4.78, 5) is 24.0. The molecular formula is C14H18N2O3. The van der Waals surface area contributed by atoms with Gasteiger partial charge in [0.05, 0.1) is 6.42 Å². The van der Waals surface area contributed by atoms with E-state index in [4.69, 9.17) is 5.11 Å². The molecule has 0 radical (unpaired) electrons. The highest BCUT2D eigenvalue weighted by Gasteiger charge is 2.25. The van der Waals surface area contributed by atoms with Crippen LogP contribution in [-0.2, 0) is 9.59 Å². The summed E-state index contributed by atoms with van der Waals surface area (Å²) in [5.41, 5.74) is 2.26. The molecule has 0 fully saturated rings. The molecule has 0 spiro atoms. The van der Waals surface area contributed by atoms with Crippen LogP contribution in [0.2, 0.25) is 0 Å². The molecule has 1 aliphatic rings. The van der Waals surface area contributed by atoms with E-state index in [2.05, 4.69) is 5.32 Å². The van der Waals surface area contributed by atoms with E-state index >= 15 is 0 Å². The molecule has 19 heavy (non-hydrogen) atoms. The topological polar surface area (TPSA) is 69.6 Å². The third-order valence-electron chi connectivity index (χ3n) is 3.45. The number of fused-ring (bicyclic) bond motifs is 1. The monoisotopic (exact) mass is 262 g/mol. The molecule has 0 saturated carbocycles. The number of carbonyl (C=O) groups is 2. The van der Waals surface area contributed by atoms with Gasteiger partial charge in [0, 0.05) is 38.2 Å². The summed E-state index contributed by atoms with van der Waals surface area (Å²) >= 11 is 0. The zero-order valence-corrected chi connectivity index (χ0v) is 10.9. The second kappa shape index (κ2) is 5.73. The third kappa shape index (κ3) is 3.24. The zero-order chi connectivity index (χ0) is 13.8. The van der Waals surface area contributed by atoms with Crippen molar-refractivity contribution in [3.8, 4) is 0 Å². The normalized spacial score (nSPS) is 16.6. The highest BCUT2D eigenvalue weighted by atomic mass is 16.4. The minimum absolute atomic E-state index is 0.00949. The van der Waals surface area contributed by atoms with Crippen molar-refractivity contribution in [2.45, 2.75) is 18.8 Å². The number of anilines is 1. The first kappa shape index (κ1) is 13.4. The summed E-state index contributed by atoms with van der Waals surface area (Å²) in [6.07, 6.45) is 0.405. The number of carboxylic acid groups (broad SMARTS) is 1. The van der Waals surface area contributed by atoms with Gasteiger partial charge < -0.3 is 15.3 Å². The van der Waals surface area contributed by atoms with E-state index in [0.717, 1.165) is 12.2 Å². The van der Waals surface area contributed by atoms with Crippen molar-refractivity contribution in [2.24, 2.45) is 0 Å². The van der Waals surface area contributed by atoms with E-state index in [9.17, 15) is 9.59 Å². The maximum atomic E-state index is 12.0. The number of aliphatic carboxylic acids is 1. The van der Waals surface area contributed by atoms with Crippen molar-refractivity contribution < 1.29 is 14.7 Å². The van der Waals surface area contributed by atoms with Crippen molar-refractivity contribution in [3.63, 3.8) is 0 Å². The van der Waals surface area contributed by atoms with Gasteiger partial charge >= 0.3 is 5.97 Å². The average molecular weight is 262 g/mol. The van der Waals surface area contributed by atoms with Crippen LogP contribution in [-0.4, -0.2) is 42.0 Å².